The van der Waals surface area contributed by atoms with Crippen LogP contribution in [0.2, 0.25) is 0 Å². The monoisotopic (exact) mass is 191 g/mol. The summed E-state index contributed by atoms with van der Waals surface area (Å²) in [6, 6.07) is 3.85. The summed E-state index contributed by atoms with van der Waals surface area (Å²) in [5, 5.41) is 9.03. The van der Waals surface area contributed by atoms with Crippen molar-refractivity contribution in [3.05, 3.63) is 30.1 Å². The van der Waals surface area contributed by atoms with Gasteiger partial charge in [0.2, 0.25) is 0 Å². The van der Waals surface area contributed by atoms with Gasteiger partial charge in [0, 0.05) is 12.4 Å². The second-order valence-electron chi connectivity index (χ2n) is 3.76. The van der Waals surface area contributed by atoms with Gasteiger partial charge in [-0.05, 0) is 36.5 Å². The molecular weight excluding hydrogens is 178 g/mol. The van der Waals surface area contributed by atoms with E-state index in [-0.39, 0.29) is 11.8 Å². The molecule has 0 radical (unpaired) electrons. The highest BCUT2D eigenvalue weighted by Gasteiger charge is 2.33. The molecule has 0 saturated heterocycles. The van der Waals surface area contributed by atoms with Gasteiger partial charge in [-0.1, -0.05) is 6.42 Å². The van der Waals surface area contributed by atoms with E-state index in [2.05, 4.69) is 4.98 Å². The number of rotatable bonds is 2. The third-order valence-corrected chi connectivity index (χ3v) is 2.97. The van der Waals surface area contributed by atoms with Gasteiger partial charge < -0.3 is 5.11 Å². The van der Waals surface area contributed by atoms with Gasteiger partial charge in [0.15, 0.2) is 0 Å². The molecule has 0 aromatic carbocycles. The van der Waals surface area contributed by atoms with Crippen LogP contribution in [0.1, 0.15) is 30.7 Å². The molecule has 1 N–H and O–H groups in total. The number of nitrogens with zero attached hydrogens (tertiary/aromatic N) is 1. The maximum Gasteiger partial charge on any atom is 0.307 e. The first kappa shape index (κ1) is 9.19. The molecule has 1 aliphatic rings. The van der Waals surface area contributed by atoms with Crippen LogP contribution in [0.3, 0.4) is 0 Å². The summed E-state index contributed by atoms with van der Waals surface area (Å²) in [5.41, 5.74) is 1.12. The van der Waals surface area contributed by atoms with Crippen LogP contribution in [-0.2, 0) is 4.79 Å². The Labute approximate surface area is 82.8 Å². The SMILES string of the molecule is O=C(O)[C@@H]1CCC[C@@H]1c1ccncc1. The van der Waals surface area contributed by atoms with Crippen molar-refractivity contribution in [2.75, 3.05) is 0 Å². The van der Waals surface area contributed by atoms with Gasteiger partial charge in [-0.3, -0.25) is 9.78 Å². The predicted molar refractivity (Wildman–Crippen MR) is 52.0 cm³/mol. The molecular formula is C11H13NO2. The highest BCUT2D eigenvalue weighted by atomic mass is 16.4. The molecule has 0 unspecified atom stereocenters. The zero-order valence-electron chi connectivity index (χ0n) is 7.89. The molecule has 3 heteroatoms. The minimum atomic E-state index is -0.663. The second-order valence-corrected chi connectivity index (χ2v) is 3.76. The summed E-state index contributed by atoms with van der Waals surface area (Å²) in [6.45, 7) is 0. The van der Waals surface area contributed by atoms with Crippen molar-refractivity contribution in [1.82, 2.24) is 4.98 Å². The highest BCUT2D eigenvalue weighted by molar-refractivity contribution is 5.71. The Morgan fingerprint density at radius 3 is 2.71 bits per heavy atom. The van der Waals surface area contributed by atoms with Crippen molar-refractivity contribution < 1.29 is 9.90 Å². The molecule has 2 atom stereocenters. The molecule has 1 fully saturated rings. The molecule has 74 valence electrons. The molecule has 2 rings (SSSR count). The molecule has 1 saturated carbocycles. The van der Waals surface area contributed by atoms with E-state index in [0.29, 0.717) is 0 Å². The smallest absolute Gasteiger partial charge is 0.307 e. The number of carbonyl (C=O) groups is 1. The Bertz CT molecular complexity index is 323. The van der Waals surface area contributed by atoms with Gasteiger partial charge >= 0.3 is 5.97 Å². The number of aromatic nitrogens is 1. The summed E-state index contributed by atoms with van der Waals surface area (Å²) in [6.07, 6.45) is 6.27. The lowest BCUT2D eigenvalue weighted by molar-refractivity contribution is -0.142. The van der Waals surface area contributed by atoms with Crippen LogP contribution in [0, 0.1) is 5.92 Å². The van der Waals surface area contributed by atoms with E-state index < -0.39 is 5.97 Å². The number of hydrogen-bond donors (Lipinski definition) is 1. The second kappa shape index (κ2) is 3.78. The van der Waals surface area contributed by atoms with Gasteiger partial charge in [0.25, 0.3) is 0 Å². The molecule has 1 heterocycles. The molecule has 1 aliphatic carbocycles. The first-order chi connectivity index (χ1) is 6.79. The van der Waals surface area contributed by atoms with Crippen molar-refractivity contribution in [3.8, 4) is 0 Å². The van der Waals surface area contributed by atoms with E-state index in [1.807, 2.05) is 12.1 Å². The normalized spacial score (nSPS) is 26.3. The van der Waals surface area contributed by atoms with Crippen molar-refractivity contribution in [3.63, 3.8) is 0 Å². The molecule has 14 heavy (non-hydrogen) atoms. The van der Waals surface area contributed by atoms with E-state index in [4.69, 9.17) is 5.11 Å². The van der Waals surface area contributed by atoms with Crippen molar-refractivity contribution in [1.29, 1.82) is 0 Å². The first-order valence-corrected chi connectivity index (χ1v) is 4.92. The lowest BCUT2D eigenvalue weighted by Crippen LogP contribution is -2.16. The quantitative estimate of drug-likeness (QED) is 0.778. The third-order valence-electron chi connectivity index (χ3n) is 2.97. The van der Waals surface area contributed by atoms with E-state index in [1.165, 1.54) is 0 Å². The Balaban J connectivity index is 2.22. The number of aliphatic carboxylic acids is 1. The topological polar surface area (TPSA) is 50.2 Å². The van der Waals surface area contributed by atoms with Gasteiger partial charge in [-0.25, -0.2) is 0 Å². The average Bonchev–Trinajstić information content (AvgIpc) is 2.67. The summed E-state index contributed by atoms with van der Waals surface area (Å²) >= 11 is 0. The minimum absolute atomic E-state index is 0.190. The Morgan fingerprint density at radius 2 is 2.07 bits per heavy atom. The fourth-order valence-corrected chi connectivity index (χ4v) is 2.27. The van der Waals surface area contributed by atoms with Crippen molar-refractivity contribution in [2.24, 2.45) is 5.92 Å². The van der Waals surface area contributed by atoms with Crippen molar-refractivity contribution in [2.45, 2.75) is 25.2 Å². The van der Waals surface area contributed by atoms with Crippen LogP contribution in [0.25, 0.3) is 0 Å². The maximum absolute atomic E-state index is 11.0. The standard InChI is InChI=1S/C11H13NO2/c13-11(14)10-3-1-2-9(10)8-4-6-12-7-5-8/h4-7,9-10H,1-3H2,(H,13,14)/t9-,10-/m1/s1. The van der Waals surface area contributed by atoms with E-state index in [1.54, 1.807) is 12.4 Å². The highest BCUT2D eigenvalue weighted by Crippen LogP contribution is 2.39. The van der Waals surface area contributed by atoms with Crippen LogP contribution >= 0.6 is 0 Å². The molecule has 1 aromatic rings. The minimum Gasteiger partial charge on any atom is -0.481 e. The largest absolute Gasteiger partial charge is 0.481 e. The Hall–Kier alpha value is -1.38. The van der Waals surface area contributed by atoms with Crippen LogP contribution in [0.4, 0.5) is 0 Å². The van der Waals surface area contributed by atoms with Crippen LogP contribution in [0.15, 0.2) is 24.5 Å². The van der Waals surface area contributed by atoms with Gasteiger partial charge in [-0.2, -0.15) is 0 Å². The number of hydrogen-bond acceptors (Lipinski definition) is 2. The number of pyridine rings is 1. The van der Waals surface area contributed by atoms with E-state index >= 15 is 0 Å². The zero-order valence-corrected chi connectivity index (χ0v) is 7.89. The van der Waals surface area contributed by atoms with Gasteiger partial charge in [0.05, 0.1) is 5.92 Å². The molecule has 0 spiro atoms. The fourth-order valence-electron chi connectivity index (χ4n) is 2.27. The summed E-state index contributed by atoms with van der Waals surface area (Å²) in [7, 11) is 0. The molecule has 3 nitrogen and oxygen atoms in total. The van der Waals surface area contributed by atoms with Gasteiger partial charge in [0.1, 0.15) is 0 Å². The zero-order chi connectivity index (χ0) is 9.97. The third kappa shape index (κ3) is 1.62. The predicted octanol–water partition coefficient (Wildman–Crippen LogP) is 2.05. The summed E-state index contributed by atoms with van der Waals surface area (Å²) < 4.78 is 0. The van der Waals surface area contributed by atoms with Gasteiger partial charge in [-0.15, -0.1) is 0 Å². The molecule has 0 bridgehead atoms. The fraction of sp³-hybridized carbons (Fsp3) is 0.455. The lowest BCUT2D eigenvalue weighted by Gasteiger charge is -2.15. The first-order valence-electron chi connectivity index (χ1n) is 4.92. The maximum atomic E-state index is 11.0. The van der Waals surface area contributed by atoms with Crippen LogP contribution < -0.4 is 0 Å². The molecule has 0 aliphatic heterocycles. The summed E-state index contributed by atoms with van der Waals surface area (Å²) in [4.78, 5) is 14.9. The summed E-state index contributed by atoms with van der Waals surface area (Å²) in [5.74, 6) is -0.669. The average molecular weight is 191 g/mol. The van der Waals surface area contributed by atoms with E-state index in [9.17, 15) is 4.79 Å². The van der Waals surface area contributed by atoms with E-state index in [0.717, 1.165) is 24.8 Å². The molecule has 1 aromatic heterocycles. The number of carboxylic acids is 1. The Kier molecular flexibility index (Phi) is 2.48. The Morgan fingerprint density at radius 1 is 1.36 bits per heavy atom. The van der Waals surface area contributed by atoms with Crippen LogP contribution in [0.5, 0.6) is 0 Å². The lowest BCUT2D eigenvalue weighted by atomic mass is 9.90. The van der Waals surface area contributed by atoms with Crippen LogP contribution in [-0.4, -0.2) is 16.1 Å². The number of carboxylic acid groups (broad SMARTS) is 1. The molecule has 0 amide bonds. The van der Waals surface area contributed by atoms with Crippen molar-refractivity contribution >= 4 is 5.97 Å².